The van der Waals surface area contributed by atoms with Crippen LogP contribution in [0.15, 0.2) is 55.4 Å². The highest BCUT2D eigenvalue weighted by Gasteiger charge is 2.11. The van der Waals surface area contributed by atoms with Gasteiger partial charge in [0.1, 0.15) is 12.4 Å². The standard InChI is InChI=1S/C16H17ClN2O/c1-2-8-20-16-6-5-14(17)9-13(16)10-15(18)12-4-3-7-19-11-12/h2-7,9,11,15H,1,8,10,18H2. The van der Waals surface area contributed by atoms with Crippen LogP contribution in [-0.2, 0) is 6.42 Å². The maximum atomic E-state index is 6.22. The highest BCUT2D eigenvalue weighted by Crippen LogP contribution is 2.27. The van der Waals surface area contributed by atoms with E-state index in [4.69, 9.17) is 22.1 Å². The van der Waals surface area contributed by atoms with Crippen molar-refractivity contribution >= 4 is 11.6 Å². The summed E-state index contributed by atoms with van der Waals surface area (Å²) in [6.07, 6.45) is 5.85. The molecule has 4 heteroatoms. The topological polar surface area (TPSA) is 48.1 Å². The number of halogens is 1. The number of benzene rings is 1. The smallest absolute Gasteiger partial charge is 0.123 e. The average molecular weight is 289 g/mol. The molecule has 1 heterocycles. The number of rotatable bonds is 6. The largest absolute Gasteiger partial charge is 0.489 e. The van der Waals surface area contributed by atoms with Gasteiger partial charge in [-0.25, -0.2) is 0 Å². The van der Waals surface area contributed by atoms with Crippen LogP contribution in [0.25, 0.3) is 0 Å². The average Bonchev–Trinajstić information content (AvgIpc) is 2.47. The third-order valence-electron chi connectivity index (χ3n) is 2.93. The van der Waals surface area contributed by atoms with Crippen LogP contribution in [0, 0.1) is 0 Å². The summed E-state index contributed by atoms with van der Waals surface area (Å²) in [5.41, 5.74) is 8.19. The lowest BCUT2D eigenvalue weighted by atomic mass is 10.0. The molecule has 3 nitrogen and oxygen atoms in total. The quantitative estimate of drug-likeness (QED) is 0.827. The molecule has 0 fully saturated rings. The van der Waals surface area contributed by atoms with Gasteiger partial charge in [-0.2, -0.15) is 0 Å². The SMILES string of the molecule is C=CCOc1ccc(Cl)cc1CC(N)c1cccnc1. The van der Waals surface area contributed by atoms with Gasteiger partial charge in [0.15, 0.2) is 0 Å². The van der Waals surface area contributed by atoms with E-state index >= 15 is 0 Å². The molecule has 0 saturated carbocycles. The Morgan fingerprint density at radius 2 is 2.25 bits per heavy atom. The lowest BCUT2D eigenvalue weighted by Crippen LogP contribution is -2.14. The normalized spacial score (nSPS) is 11.9. The van der Waals surface area contributed by atoms with Gasteiger partial charge in [0.05, 0.1) is 0 Å². The van der Waals surface area contributed by atoms with Gasteiger partial charge in [0.2, 0.25) is 0 Å². The summed E-state index contributed by atoms with van der Waals surface area (Å²) in [5.74, 6) is 0.786. The van der Waals surface area contributed by atoms with Crippen molar-refractivity contribution in [1.82, 2.24) is 4.98 Å². The van der Waals surface area contributed by atoms with E-state index in [1.807, 2.05) is 24.3 Å². The summed E-state index contributed by atoms with van der Waals surface area (Å²) in [5, 5.41) is 0.671. The molecule has 0 aliphatic heterocycles. The lowest BCUT2D eigenvalue weighted by Gasteiger charge is -2.15. The number of hydrogen-bond acceptors (Lipinski definition) is 3. The molecule has 0 spiro atoms. The van der Waals surface area contributed by atoms with E-state index in [1.165, 1.54) is 0 Å². The molecule has 0 aliphatic carbocycles. The number of pyridine rings is 1. The molecular weight excluding hydrogens is 272 g/mol. The Morgan fingerprint density at radius 3 is 2.95 bits per heavy atom. The molecule has 2 aromatic rings. The Balaban J connectivity index is 2.19. The van der Waals surface area contributed by atoms with E-state index in [2.05, 4.69) is 11.6 Å². The minimum atomic E-state index is -0.145. The van der Waals surface area contributed by atoms with E-state index < -0.39 is 0 Å². The van der Waals surface area contributed by atoms with Crippen LogP contribution >= 0.6 is 11.6 Å². The van der Waals surface area contributed by atoms with E-state index in [-0.39, 0.29) is 6.04 Å². The number of ether oxygens (including phenoxy) is 1. The molecule has 0 radical (unpaired) electrons. The van der Waals surface area contributed by atoms with Gasteiger partial charge in [-0.05, 0) is 41.8 Å². The highest BCUT2D eigenvalue weighted by atomic mass is 35.5. The van der Waals surface area contributed by atoms with Gasteiger partial charge < -0.3 is 10.5 Å². The predicted octanol–water partition coefficient (Wildman–Crippen LogP) is 3.54. The Labute approximate surface area is 124 Å². The van der Waals surface area contributed by atoms with Gasteiger partial charge in [-0.1, -0.05) is 30.3 Å². The van der Waals surface area contributed by atoms with Crippen LogP contribution in [0.4, 0.5) is 0 Å². The van der Waals surface area contributed by atoms with Crippen LogP contribution in [0.3, 0.4) is 0 Å². The Hall–Kier alpha value is -1.84. The predicted molar refractivity (Wildman–Crippen MR) is 82.0 cm³/mol. The van der Waals surface area contributed by atoms with Gasteiger partial charge in [-0.15, -0.1) is 0 Å². The second-order valence-electron chi connectivity index (χ2n) is 4.45. The zero-order valence-electron chi connectivity index (χ0n) is 11.1. The molecular formula is C16H17ClN2O. The summed E-state index contributed by atoms with van der Waals surface area (Å²) in [6, 6.07) is 9.24. The molecule has 0 saturated heterocycles. The second-order valence-corrected chi connectivity index (χ2v) is 4.89. The second kappa shape index (κ2) is 7.08. The van der Waals surface area contributed by atoms with Crippen molar-refractivity contribution in [2.75, 3.05) is 6.61 Å². The fourth-order valence-electron chi connectivity index (χ4n) is 1.95. The van der Waals surface area contributed by atoms with Gasteiger partial charge in [0.25, 0.3) is 0 Å². The third kappa shape index (κ3) is 3.83. The monoisotopic (exact) mass is 288 g/mol. The maximum Gasteiger partial charge on any atom is 0.123 e. The molecule has 2 rings (SSSR count). The van der Waals surface area contributed by atoms with Crippen LogP contribution in [0.5, 0.6) is 5.75 Å². The minimum Gasteiger partial charge on any atom is -0.489 e. The first-order valence-corrected chi connectivity index (χ1v) is 6.76. The van der Waals surface area contributed by atoms with E-state index in [9.17, 15) is 0 Å². The molecule has 2 N–H and O–H groups in total. The van der Waals surface area contributed by atoms with Gasteiger partial charge >= 0.3 is 0 Å². The molecule has 104 valence electrons. The number of hydrogen-bond donors (Lipinski definition) is 1. The van der Waals surface area contributed by atoms with Crippen molar-refractivity contribution < 1.29 is 4.74 Å². The molecule has 20 heavy (non-hydrogen) atoms. The lowest BCUT2D eigenvalue weighted by molar-refractivity contribution is 0.358. The fourth-order valence-corrected chi connectivity index (χ4v) is 2.14. The number of aromatic nitrogens is 1. The summed E-state index contributed by atoms with van der Waals surface area (Å²) >= 11 is 6.05. The zero-order valence-corrected chi connectivity index (χ0v) is 11.9. The van der Waals surface area contributed by atoms with Crippen LogP contribution in [0.2, 0.25) is 5.02 Å². The summed E-state index contributed by atoms with van der Waals surface area (Å²) < 4.78 is 5.63. The molecule has 1 aromatic carbocycles. The van der Waals surface area contributed by atoms with Crippen molar-refractivity contribution in [2.45, 2.75) is 12.5 Å². The van der Waals surface area contributed by atoms with E-state index in [1.54, 1.807) is 24.5 Å². The summed E-state index contributed by atoms with van der Waals surface area (Å²) in [6.45, 7) is 4.10. The first kappa shape index (κ1) is 14.6. The Kier molecular flexibility index (Phi) is 5.16. The third-order valence-corrected chi connectivity index (χ3v) is 3.17. The molecule has 1 atom stereocenters. The van der Waals surface area contributed by atoms with Crippen LogP contribution in [0.1, 0.15) is 17.2 Å². The van der Waals surface area contributed by atoms with Crippen molar-refractivity contribution in [3.63, 3.8) is 0 Å². The van der Waals surface area contributed by atoms with Gasteiger partial charge in [-0.3, -0.25) is 4.98 Å². The molecule has 0 amide bonds. The highest BCUT2D eigenvalue weighted by molar-refractivity contribution is 6.30. The van der Waals surface area contributed by atoms with Crippen molar-refractivity contribution in [3.05, 3.63) is 71.5 Å². The molecule has 1 aromatic heterocycles. The van der Waals surface area contributed by atoms with Gasteiger partial charge in [0, 0.05) is 23.5 Å². The number of nitrogens with zero attached hydrogens (tertiary/aromatic N) is 1. The van der Waals surface area contributed by atoms with Crippen LogP contribution < -0.4 is 10.5 Å². The summed E-state index contributed by atoms with van der Waals surface area (Å²) in [7, 11) is 0. The molecule has 0 aliphatic rings. The fraction of sp³-hybridized carbons (Fsp3) is 0.188. The minimum absolute atomic E-state index is 0.145. The molecule has 1 unspecified atom stereocenters. The number of nitrogens with two attached hydrogens (primary N) is 1. The van der Waals surface area contributed by atoms with Crippen molar-refractivity contribution in [2.24, 2.45) is 5.73 Å². The van der Waals surface area contributed by atoms with Crippen LogP contribution in [-0.4, -0.2) is 11.6 Å². The first-order valence-electron chi connectivity index (χ1n) is 6.38. The first-order chi connectivity index (χ1) is 9.70. The summed E-state index contributed by atoms with van der Waals surface area (Å²) in [4.78, 5) is 4.09. The maximum absolute atomic E-state index is 6.22. The van der Waals surface area contributed by atoms with E-state index in [0.717, 1.165) is 16.9 Å². The molecule has 0 bridgehead atoms. The van der Waals surface area contributed by atoms with E-state index in [0.29, 0.717) is 18.1 Å². The van der Waals surface area contributed by atoms with Crippen molar-refractivity contribution in [3.8, 4) is 5.75 Å². The van der Waals surface area contributed by atoms with Crippen molar-refractivity contribution in [1.29, 1.82) is 0 Å². The Morgan fingerprint density at radius 1 is 1.40 bits per heavy atom. The Bertz CT molecular complexity index is 572. The zero-order chi connectivity index (χ0) is 14.4.